The first-order chi connectivity index (χ1) is 11.7. The first kappa shape index (κ1) is 17.0. The van der Waals surface area contributed by atoms with Crippen LogP contribution in [-0.2, 0) is 16.0 Å². The zero-order valence-electron chi connectivity index (χ0n) is 14.4. The van der Waals surface area contributed by atoms with E-state index in [9.17, 15) is 9.59 Å². The molecule has 130 valence electrons. The number of hydrogen-bond acceptors (Lipinski definition) is 3. The predicted octanol–water partition coefficient (Wildman–Crippen LogP) is 1.15. The second-order valence-electron chi connectivity index (χ2n) is 6.73. The summed E-state index contributed by atoms with van der Waals surface area (Å²) in [4.78, 5) is 29.0. The molecule has 5 heteroatoms. The quantitative estimate of drug-likeness (QED) is 0.852. The third-order valence-electron chi connectivity index (χ3n) is 5.13. The Balaban J connectivity index is 1.38. The molecule has 2 atom stereocenters. The topological polar surface area (TPSA) is 52.7 Å². The maximum atomic E-state index is 12.5. The summed E-state index contributed by atoms with van der Waals surface area (Å²) in [6.45, 7) is 7.31. The fourth-order valence-corrected chi connectivity index (χ4v) is 3.38. The molecule has 2 fully saturated rings. The van der Waals surface area contributed by atoms with Crippen molar-refractivity contribution in [2.75, 3.05) is 39.3 Å². The lowest BCUT2D eigenvalue weighted by Crippen LogP contribution is -2.49. The Morgan fingerprint density at radius 2 is 1.79 bits per heavy atom. The van der Waals surface area contributed by atoms with Crippen LogP contribution in [0, 0.1) is 11.8 Å². The molecule has 0 bridgehead atoms. The van der Waals surface area contributed by atoms with Crippen LogP contribution in [0.3, 0.4) is 0 Å². The van der Waals surface area contributed by atoms with Crippen molar-refractivity contribution in [3.8, 4) is 0 Å². The number of piperazine rings is 1. The number of carbonyl (C=O) groups is 2. The van der Waals surface area contributed by atoms with E-state index in [0.717, 1.165) is 39.1 Å². The van der Waals surface area contributed by atoms with Crippen molar-refractivity contribution in [1.29, 1.82) is 0 Å². The predicted molar refractivity (Wildman–Crippen MR) is 93.4 cm³/mol. The highest BCUT2D eigenvalue weighted by atomic mass is 16.2. The van der Waals surface area contributed by atoms with Crippen LogP contribution in [0.4, 0.5) is 0 Å². The molecule has 1 N–H and O–H groups in total. The van der Waals surface area contributed by atoms with Gasteiger partial charge in [0.1, 0.15) is 0 Å². The van der Waals surface area contributed by atoms with Crippen LogP contribution >= 0.6 is 0 Å². The van der Waals surface area contributed by atoms with Crippen LogP contribution in [0.2, 0.25) is 0 Å². The number of likely N-dealkylation sites (N-methyl/N-ethyl adjacent to an activating group) is 1. The fourth-order valence-electron chi connectivity index (χ4n) is 3.38. The summed E-state index contributed by atoms with van der Waals surface area (Å²) in [5.41, 5.74) is 1.22. The monoisotopic (exact) mass is 329 g/mol. The molecular formula is C19H27N3O2. The van der Waals surface area contributed by atoms with Gasteiger partial charge in [-0.05, 0) is 24.9 Å². The van der Waals surface area contributed by atoms with Crippen LogP contribution < -0.4 is 5.32 Å². The highest BCUT2D eigenvalue weighted by Gasteiger charge is 2.49. The standard InChI is InChI=1S/C19H27N3O2/c1-2-21-10-12-22(13-11-21)19(24)17-14-16(17)18(23)20-9-8-15-6-4-3-5-7-15/h3-7,16-17H,2,8-14H2,1H3,(H,20,23). The Hall–Kier alpha value is -1.88. The van der Waals surface area contributed by atoms with Gasteiger partial charge in [0, 0.05) is 32.7 Å². The Morgan fingerprint density at radius 1 is 1.08 bits per heavy atom. The van der Waals surface area contributed by atoms with Gasteiger partial charge in [0.25, 0.3) is 0 Å². The van der Waals surface area contributed by atoms with E-state index in [1.807, 2.05) is 23.1 Å². The average molecular weight is 329 g/mol. The molecule has 1 saturated carbocycles. The lowest BCUT2D eigenvalue weighted by atomic mass is 10.1. The summed E-state index contributed by atoms with van der Waals surface area (Å²) in [5, 5.41) is 2.98. The normalized spacial score (nSPS) is 23.8. The van der Waals surface area contributed by atoms with Crippen molar-refractivity contribution in [3.05, 3.63) is 35.9 Å². The molecule has 1 aromatic carbocycles. The van der Waals surface area contributed by atoms with Gasteiger partial charge in [-0.15, -0.1) is 0 Å². The molecule has 1 aromatic rings. The average Bonchev–Trinajstić information content (AvgIpc) is 3.43. The van der Waals surface area contributed by atoms with Crippen molar-refractivity contribution in [2.24, 2.45) is 11.8 Å². The highest BCUT2D eigenvalue weighted by Crippen LogP contribution is 2.40. The third-order valence-corrected chi connectivity index (χ3v) is 5.13. The summed E-state index contributed by atoms with van der Waals surface area (Å²) in [6, 6.07) is 10.1. The minimum Gasteiger partial charge on any atom is -0.356 e. The first-order valence-corrected chi connectivity index (χ1v) is 9.02. The van der Waals surface area contributed by atoms with Crippen LogP contribution in [0.5, 0.6) is 0 Å². The number of nitrogens with one attached hydrogen (secondary N) is 1. The summed E-state index contributed by atoms with van der Waals surface area (Å²) in [7, 11) is 0. The molecule has 1 aliphatic carbocycles. The zero-order chi connectivity index (χ0) is 16.9. The van der Waals surface area contributed by atoms with Gasteiger partial charge >= 0.3 is 0 Å². The Labute approximate surface area is 144 Å². The first-order valence-electron chi connectivity index (χ1n) is 9.02. The van der Waals surface area contributed by atoms with Crippen LogP contribution in [0.25, 0.3) is 0 Å². The number of rotatable bonds is 6. The van der Waals surface area contributed by atoms with E-state index in [4.69, 9.17) is 0 Å². The molecule has 2 unspecified atom stereocenters. The smallest absolute Gasteiger partial charge is 0.226 e. The maximum absolute atomic E-state index is 12.5. The molecule has 0 radical (unpaired) electrons. The largest absolute Gasteiger partial charge is 0.356 e. The van der Waals surface area contributed by atoms with Crippen molar-refractivity contribution < 1.29 is 9.59 Å². The van der Waals surface area contributed by atoms with Gasteiger partial charge in [-0.25, -0.2) is 0 Å². The second-order valence-corrected chi connectivity index (χ2v) is 6.73. The molecule has 0 aromatic heterocycles. The van der Waals surface area contributed by atoms with Crippen LogP contribution in [-0.4, -0.2) is 60.9 Å². The maximum Gasteiger partial charge on any atom is 0.226 e. The number of nitrogens with zero attached hydrogens (tertiary/aromatic N) is 2. The van der Waals surface area contributed by atoms with Gasteiger partial charge < -0.3 is 15.1 Å². The molecule has 1 aliphatic heterocycles. The molecule has 1 saturated heterocycles. The van der Waals surface area contributed by atoms with E-state index in [0.29, 0.717) is 13.0 Å². The molecule has 0 spiro atoms. The van der Waals surface area contributed by atoms with Crippen LogP contribution in [0.15, 0.2) is 30.3 Å². The van der Waals surface area contributed by atoms with E-state index in [1.165, 1.54) is 5.56 Å². The van der Waals surface area contributed by atoms with Gasteiger partial charge in [-0.2, -0.15) is 0 Å². The lowest BCUT2D eigenvalue weighted by Gasteiger charge is -2.34. The van der Waals surface area contributed by atoms with Crippen molar-refractivity contribution in [2.45, 2.75) is 19.8 Å². The highest BCUT2D eigenvalue weighted by molar-refractivity contribution is 5.92. The molecule has 24 heavy (non-hydrogen) atoms. The van der Waals surface area contributed by atoms with E-state index in [-0.39, 0.29) is 23.7 Å². The minimum absolute atomic E-state index is 0.0384. The van der Waals surface area contributed by atoms with Gasteiger partial charge in [0.2, 0.25) is 11.8 Å². The summed E-state index contributed by atoms with van der Waals surface area (Å²) >= 11 is 0. The minimum atomic E-state index is -0.113. The van der Waals surface area contributed by atoms with Gasteiger partial charge in [-0.3, -0.25) is 9.59 Å². The molecule has 2 amide bonds. The number of carbonyl (C=O) groups excluding carboxylic acids is 2. The van der Waals surface area contributed by atoms with Crippen molar-refractivity contribution in [3.63, 3.8) is 0 Å². The number of benzene rings is 1. The number of hydrogen-bond donors (Lipinski definition) is 1. The summed E-state index contributed by atoms with van der Waals surface area (Å²) in [5.74, 6) is 0.0119. The van der Waals surface area contributed by atoms with E-state index in [1.54, 1.807) is 0 Å². The second kappa shape index (κ2) is 7.79. The molecule has 2 aliphatic rings. The Bertz CT molecular complexity index is 567. The molecule has 1 heterocycles. The zero-order valence-corrected chi connectivity index (χ0v) is 14.4. The summed E-state index contributed by atoms with van der Waals surface area (Å²) in [6.07, 6.45) is 1.54. The van der Waals surface area contributed by atoms with Crippen molar-refractivity contribution >= 4 is 11.8 Å². The van der Waals surface area contributed by atoms with Crippen molar-refractivity contribution in [1.82, 2.24) is 15.1 Å². The SMILES string of the molecule is CCN1CCN(C(=O)C2CC2C(=O)NCCc2ccccc2)CC1. The van der Waals surface area contributed by atoms with E-state index < -0.39 is 0 Å². The lowest BCUT2D eigenvalue weighted by molar-refractivity contribution is -0.136. The molecule has 3 rings (SSSR count). The van der Waals surface area contributed by atoms with Gasteiger partial charge in [0.05, 0.1) is 11.8 Å². The van der Waals surface area contributed by atoms with Gasteiger partial charge in [-0.1, -0.05) is 37.3 Å². The number of amides is 2. The Morgan fingerprint density at radius 3 is 2.46 bits per heavy atom. The third kappa shape index (κ3) is 4.15. The fraction of sp³-hybridized carbons (Fsp3) is 0.579. The van der Waals surface area contributed by atoms with E-state index >= 15 is 0 Å². The molecular weight excluding hydrogens is 302 g/mol. The van der Waals surface area contributed by atoms with E-state index in [2.05, 4.69) is 29.3 Å². The summed E-state index contributed by atoms with van der Waals surface area (Å²) < 4.78 is 0. The Kier molecular flexibility index (Phi) is 5.51. The van der Waals surface area contributed by atoms with Crippen LogP contribution in [0.1, 0.15) is 18.9 Å². The van der Waals surface area contributed by atoms with Gasteiger partial charge in [0.15, 0.2) is 0 Å². The molecule has 5 nitrogen and oxygen atoms in total.